The third kappa shape index (κ3) is 2.90. The van der Waals surface area contributed by atoms with Crippen LogP contribution < -0.4 is 4.74 Å². The van der Waals surface area contributed by atoms with Crippen molar-refractivity contribution in [2.75, 3.05) is 6.61 Å². The Labute approximate surface area is 120 Å². The Balaban J connectivity index is 2.52. The van der Waals surface area contributed by atoms with E-state index in [2.05, 4.69) is 6.58 Å². The smallest absolute Gasteiger partial charge is 0.169 e. The van der Waals surface area contributed by atoms with Crippen molar-refractivity contribution in [2.45, 2.75) is 20.3 Å². The van der Waals surface area contributed by atoms with Crippen LogP contribution in [-0.4, -0.2) is 12.4 Å². The first-order valence-corrected chi connectivity index (χ1v) is 6.94. The minimum Gasteiger partial charge on any atom is -0.492 e. The molecule has 0 atom stereocenters. The monoisotopic (exact) mass is 268 g/mol. The number of benzene rings is 2. The van der Waals surface area contributed by atoms with Crippen LogP contribution in [0.5, 0.6) is 5.75 Å². The molecule has 0 aliphatic rings. The zero-order valence-electron chi connectivity index (χ0n) is 12.1. The van der Waals surface area contributed by atoms with Gasteiger partial charge in [0.1, 0.15) is 5.75 Å². The van der Waals surface area contributed by atoms with Crippen LogP contribution in [0.15, 0.2) is 49.1 Å². The minimum atomic E-state index is -0.0436. The molecule has 0 spiro atoms. The predicted molar refractivity (Wildman–Crippen MR) is 83.4 cm³/mol. The Kier molecular flexibility index (Phi) is 4.57. The number of fused-ring (bicyclic) bond motifs is 1. The van der Waals surface area contributed by atoms with Crippen molar-refractivity contribution >= 4 is 16.6 Å². The lowest BCUT2D eigenvalue weighted by atomic mass is 9.97. The van der Waals surface area contributed by atoms with E-state index in [1.165, 1.54) is 0 Å². The Bertz CT molecular complexity index is 626. The first-order valence-electron chi connectivity index (χ1n) is 6.94. The Hall–Kier alpha value is -2.09. The number of ketones is 1. The van der Waals surface area contributed by atoms with Gasteiger partial charge in [-0.2, -0.15) is 0 Å². The maximum Gasteiger partial charge on any atom is 0.169 e. The highest BCUT2D eigenvalue weighted by Crippen LogP contribution is 2.31. The summed E-state index contributed by atoms with van der Waals surface area (Å²) in [6, 6.07) is 11.8. The summed E-state index contributed by atoms with van der Waals surface area (Å²) in [7, 11) is 0. The van der Waals surface area contributed by atoms with Gasteiger partial charge in [-0.3, -0.25) is 4.79 Å². The van der Waals surface area contributed by atoms with Gasteiger partial charge in [0.05, 0.1) is 12.2 Å². The van der Waals surface area contributed by atoms with Gasteiger partial charge >= 0.3 is 0 Å². The zero-order valence-corrected chi connectivity index (χ0v) is 12.1. The maximum absolute atomic E-state index is 12.3. The van der Waals surface area contributed by atoms with E-state index in [9.17, 15) is 4.79 Å². The lowest BCUT2D eigenvalue weighted by Gasteiger charge is -2.14. The molecule has 0 radical (unpaired) electrons. The van der Waals surface area contributed by atoms with E-state index in [-0.39, 0.29) is 11.7 Å². The summed E-state index contributed by atoms with van der Waals surface area (Å²) in [6.07, 6.45) is 2.58. The van der Waals surface area contributed by atoms with Crippen molar-refractivity contribution in [1.29, 1.82) is 0 Å². The fraction of sp³-hybridized carbons (Fsp3) is 0.278. The fourth-order valence-corrected chi connectivity index (χ4v) is 2.15. The van der Waals surface area contributed by atoms with Crippen LogP contribution in [0, 0.1) is 5.92 Å². The number of hydrogen-bond donors (Lipinski definition) is 0. The van der Waals surface area contributed by atoms with Crippen LogP contribution in [0.2, 0.25) is 0 Å². The number of hydrogen-bond acceptors (Lipinski definition) is 2. The standard InChI is InChI=1S/C18H20O2/c1-4-5-12-20-18-15-9-7-6-8-14(15)10-11-16(18)17(19)13(2)3/h4,6-11,13H,1,5,12H2,2-3H3. The molecule has 0 fully saturated rings. The topological polar surface area (TPSA) is 26.3 Å². The van der Waals surface area contributed by atoms with Gasteiger partial charge in [0.2, 0.25) is 0 Å². The van der Waals surface area contributed by atoms with Crippen molar-refractivity contribution in [3.8, 4) is 5.75 Å². The van der Waals surface area contributed by atoms with Crippen LogP contribution in [0.3, 0.4) is 0 Å². The van der Waals surface area contributed by atoms with Crippen LogP contribution in [0.4, 0.5) is 0 Å². The molecule has 104 valence electrons. The summed E-state index contributed by atoms with van der Waals surface area (Å²) < 4.78 is 5.87. The second-order valence-corrected chi connectivity index (χ2v) is 5.11. The Morgan fingerprint density at radius 2 is 2.00 bits per heavy atom. The van der Waals surface area contributed by atoms with Crippen LogP contribution in [0.1, 0.15) is 30.6 Å². The van der Waals surface area contributed by atoms with Gasteiger partial charge in [-0.05, 0) is 17.9 Å². The molecule has 2 aromatic rings. The van der Waals surface area contributed by atoms with Crippen LogP contribution in [0.25, 0.3) is 10.8 Å². The number of ether oxygens (including phenoxy) is 1. The van der Waals surface area contributed by atoms with E-state index >= 15 is 0 Å². The van der Waals surface area contributed by atoms with Gasteiger partial charge in [0, 0.05) is 11.3 Å². The molecule has 0 saturated carbocycles. The van der Waals surface area contributed by atoms with E-state index in [0.29, 0.717) is 17.9 Å². The fourth-order valence-electron chi connectivity index (χ4n) is 2.15. The van der Waals surface area contributed by atoms with Gasteiger partial charge in [-0.1, -0.05) is 50.3 Å². The molecule has 0 aliphatic carbocycles. The van der Waals surface area contributed by atoms with Crippen molar-refractivity contribution < 1.29 is 9.53 Å². The van der Waals surface area contributed by atoms with Crippen molar-refractivity contribution in [2.24, 2.45) is 5.92 Å². The summed E-state index contributed by atoms with van der Waals surface area (Å²) in [6.45, 7) is 8.05. The normalized spacial score (nSPS) is 10.8. The lowest BCUT2D eigenvalue weighted by Crippen LogP contribution is -2.10. The van der Waals surface area contributed by atoms with Gasteiger partial charge in [0.15, 0.2) is 5.78 Å². The second kappa shape index (κ2) is 6.38. The summed E-state index contributed by atoms with van der Waals surface area (Å²) in [4.78, 5) is 12.3. The van der Waals surface area contributed by atoms with E-state index in [0.717, 1.165) is 17.2 Å². The number of rotatable bonds is 6. The van der Waals surface area contributed by atoms with Gasteiger partial charge in [-0.25, -0.2) is 0 Å². The number of carbonyl (C=O) groups excluding carboxylic acids is 1. The molecule has 2 aromatic carbocycles. The highest BCUT2D eigenvalue weighted by atomic mass is 16.5. The molecule has 2 heteroatoms. The zero-order chi connectivity index (χ0) is 14.5. The third-order valence-electron chi connectivity index (χ3n) is 3.24. The van der Waals surface area contributed by atoms with Gasteiger partial charge in [-0.15, -0.1) is 6.58 Å². The van der Waals surface area contributed by atoms with E-state index in [1.54, 1.807) is 0 Å². The molecular weight excluding hydrogens is 248 g/mol. The van der Waals surface area contributed by atoms with Crippen LogP contribution >= 0.6 is 0 Å². The summed E-state index contributed by atoms with van der Waals surface area (Å²) in [5, 5.41) is 2.07. The molecule has 0 heterocycles. The van der Waals surface area contributed by atoms with Gasteiger partial charge in [0.25, 0.3) is 0 Å². The first-order chi connectivity index (χ1) is 9.65. The first kappa shape index (κ1) is 14.3. The Morgan fingerprint density at radius 1 is 1.25 bits per heavy atom. The highest BCUT2D eigenvalue weighted by molar-refractivity contribution is 6.05. The SMILES string of the molecule is C=CCCOc1c(C(=O)C(C)C)ccc2ccccc12. The molecule has 2 rings (SSSR count). The number of Topliss-reactive ketones (excluding diaryl/α,β-unsaturated/α-hetero) is 1. The average molecular weight is 268 g/mol. The quantitative estimate of drug-likeness (QED) is 0.433. The molecule has 2 nitrogen and oxygen atoms in total. The summed E-state index contributed by atoms with van der Waals surface area (Å²) in [5.41, 5.74) is 0.669. The molecule has 20 heavy (non-hydrogen) atoms. The van der Waals surface area contributed by atoms with Crippen LogP contribution in [-0.2, 0) is 0 Å². The Morgan fingerprint density at radius 3 is 2.70 bits per heavy atom. The minimum absolute atomic E-state index is 0.0436. The molecule has 0 bridgehead atoms. The second-order valence-electron chi connectivity index (χ2n) is 5.11. The van der Waals surface area contributed by atoms with Crippen molar-refractivity contribution in [3.05, 3.63) is 54.6 Å². The predicted octanol–water partition coefficient (Wildman–Crippen LogP) is 4.63. The highest BCUT2D eigenvalue weighted by Gasteiger charge is 2.18. The van der Waals surface area contributed by atoms with E-state index < -0.39 is 0 Å². The molecule has 0 saturated heterocycles. The average Bonchev–Trinajstić information content (AvgIpc) is 2.46. The molecule has 0 aromatic heterocycles. The third-order valence-corrected chi connectivity index (χ3v) is 3.24. The van der Waals surface area contributed by atoms with Crippen molar-refractivity contribution in [1.82, 2.24) is 0 Å². The van der Waals surface area contributed by atoms with E-state index in [4.69, 9.17) is 4.74 Å². The molecule has 0 N–H and O–H groups in total. The summed E-state index contributed by atoms with van der Waals surface area (Å²) >= 11 is 0. The molecule has 0 aliphatic heterocycles. The largest absolute Gasteiger partial charge is 0.492 e. The molecular formula is C18H20O2. The maximum atomic E-state index is 12.3. The lowest BCUT2D eigenvalue weighted by molar-refractivity contribution is 0.0935. The van der Waals surface area contributed by atoms with Crippen molar-refractivity contribution in [3.63, 3.8) is 0 Å². The van der Waals surface area contributed by atoms with E-state index in [1.807, 2.05) is 56.3 Å². The van der Waals surface area contributed by atoms with Gasteiger partial charge < -0.3 is 4.74 Å². The number of carbonyl (C=O) groups is 1. The molecule has 0 unspecified atom stereocenters. The molecule has 0 amide bonds. The summed E-state index contributed by atoms with van der Waals surface area (Å²) in [5.74, 6) is 0.769.